The summed E-state index contributed by atoms with van der Waals surface area (Å²) < 4.78 is 1.33. The predicted octanol–water partition coefficient (Wildman–Crippen LogP) is 2.23. The lowest BCUT2D eigenvalue weighted by molar-refractivity contribution is -0.120. The third-order valence-corrected chi connectivity index (χ3v) is 3.51. The summed E-state index contributed by atoms with van der Waals surface area (Å²) in [6, 6.07) is -0.0417. The molecular weight excluding hydrogens is 251 g/mol. The lowest BCUT2D eigenvalue weighted by Crippen LogP contribution is -2.30. The summed E-state index contributed by atoms with van der Waals surface area (Å²) in [6.07, 6.45) is 3.65. The first-order chi connectivity index (χ1) is 7.59. The fourth-order valence-electron chi connectivity index (χ4n) is 1.85. The summed E-state index contributed by atoms with van der Waals surface area (Å²) in [4.78, 5) is 22.9. The van der Waals surface area contributed by atoms with Crippen LogP contribution < -0.4 is 5.56 Å². The molecule has 0 spiro atoms. The van der Waals surface area contributed by atoms with Gasteiger partial charge in [0.1, 0.15) is 10.8 Å². The first-order valence-corrected chi connectivity index (χ1v) is 5.79. The summed E-state index contributed by atoms with van der Waals surface area (Å²) in [7, 11) is 0. The molecule has 86 valence electrons. The highest BCUT2D eigenvalue weighted by Crippen LogP contribution is 2.25. The van der Waals surface area contributed by atoms with Gasteiger partial charge in [0.15, 0.2) is 0 Å². The molecule has 1 aromatic heterocycles. The van der Waals surface area contributed by atoms with Gasteiger partial charge in [0.25, 0.3) is 5.56 Å². The normalized spacial score (nSPS) is 17.8. The molecule has 2 rings (SSSR count). The number of carbonyl (C=O) groups is 1. The average molecular weight is 261 g/mol. The fourth-order valence-corrected chi connectivity index (χ4v) is 2.11. The molecule has 0 bridgehead atoms. The second-order valence-corrected chi connectivity index (χ2v) is 4.61. The fraction of sp³-hybridized carbons (Fsp3) is 0.500. The van der Waals surface area contributed by atoms with Gasteiger partial charge in [-0.2, -0.15) is 5.10 Å². The maximum atomic E-state index is 11.8. The minimum atomic E-state index is -0.381. The molecule has 16 heavy (non-hydrogen) atoms. The van der Waals surface area contributed by atoms with Crippen molar-refractivity contribution in [1.82, 2.24) is 9.78 Å². The molecule has 0 aromatic carbocycles. The standard InChI is InChI=1S/C10H10Cl2N2O2/c11-8-5-13-14(10(16)9(8)12)6-1-3-7(15)4-2-6/h5-6H,1-4H2. The summed E-state index contributed by atoms with van der Waals surface area (Å²) in [5.41, 5.74) is -0.381. The Morgan fingerprint density at radius 2 is 1.88 bits per heavy atom. The van der Waals surface area contributed by atoms with Crippen LogP contribution in [0.3, 0.4) is 0 Å². The third kappa shape index (κ3) is 2.13. The van der Waals surface area contributed by atoms with Gasteiger partial charge in [-0.1, -0.05) is 23.2 Å². The topological polar surface area (TPSA) is 52.0 Å². The van der Waals surface area contributed by atoms with Crippen LogP contribution in [0.5, 0.6) is 0 Å². The van der Waals surface area contributed by atoms with Gasteiger partial charge in [-0.3, -0.25) is 9.59 Å². The SMILES string of the molecule is O=C1CCC(n2ncc(Cl)c(Cl)c2=O)CC1. The van der Waals surface area contributed by atoms with Crippen molar-refractivity contribution in [3.8, 4) is 0 Å². The van der Waals surface area contributed by atoms with Gasteiger partial charge in [0.2, 0.25) is 0 Å². The van der Waals surface area contributed by atoms with Gasteiger partial charge in [-0.15, -0.1) is 0 Å². The largest absolute Gasteiger partial charge is 0.300 e. The molecule has 0 amide bonds. The zero-order chi connectivity index (χ0) is 11.7. The van der Waals surface area contributed by atoms with E-state index in [1.54, 1.807) is 0 Å². The Bertz CT molecular complexity index is 474. The molecule has 0 radical (unpaired) electrons. The molecule has 0 atom stereocenters. The zero-order valence-corrected chi connectivity index (χ0v) is 9.96. The highest BCUT2D eigenvalue weighted by atomic mass is 35.5. The predicted molar refractivity (Wildman–Crippen MR) is 61.0 cm³/mol. The van der Waals surface area contributed by atoms with Crippen molar-refractivity contribution < 1.29 is 4.79 Å². The van der Waals surface area contributed by atoms with Crippen molar-refractivity contribution in [2.45, 2.75) is 31.7 Å². The van der Waals surface area contributed by atoms with Crippen LogP contribution in [0.4, 0.5) is 0 Å². The second kappa shape index (κ2) is 4.55. The van der Waals surface area contributed by atoms with Crippen LogP contribution in [0.2, 0.25) is 10.0 Å². The Labute approximate surface area is 102 Å². The molecule has 6 heteroatoms. The number of nitrogens with zero attached hydrogens (tertiary/aromatic N) is 2. The van der Waals surface area contributed by atoms with E-state index in [1.165, 1.54) is 10.9 Å². The molecule has 1 fully saturated rings. The second-order valence-electron chi connectivity index (χ2n) is 3.83. The molecule has 0 N–H and O–H groups in total. The molecule has 0 aliphatic heterocycles. The maximum absolute atomic E-state index is 11.8. The van der Waals surface area contributed by atoms with E-state index in [1.807, 2.05) is 0 Å². The number of carbonyl (C=O) groups excluding carboxylic acids is 1. The number of hydrogen-bond acceptors (Lipinski definition) is 3. The van der Waals surface area contributed by atoms with E-state index < -0.39 is 0 Å². The van der Waals surface area contributed by atoms with E-state index in [0.29, 0.717) is 25.7 Å². The van der Waals surface area contributed by atoms with Gasteiger partial charge in [0.05, 0.1) is 17.3 Å². The highest BCUT2D eigenvalue weighted by molar-refractivity contribution is 6.41. The van der Waals surface area contributed by atoms with Crippen LogP contribution in [-0.4, -0.2) is 15.6 Å². The molecule has 1 heterocycles. The first kappa shape index (κ1) is 11.6. The van der Waals surface area contributed by atoms with Gasteiger partial charge in [0, 0.05) is 12.8 Å². The molecule has 4 nitrogen and oxygen atoms in total. The Kier molecular flexibility index (Phi) is 3.30. The highest BCUT2D eigenvalue weighted by Gasteiger charge is 2.22. The van der Waals surface area contributed by atoms with Gasteiger partial charge in [-0.05, 0) is 12.8 Å². The Morgan fingerprint density at radius 3 is 2.50 bits per heavy atom. The van der Waals surface area contributed by atoms with Crippen molar-refractivity contribution >= 4 is 29.0 Å². The lowest BCUT2D eigenvalue weighted by atomic mass is 9.94. The van der Waals surface area contributed by atoms with Crippen molar-refractivity contribution in [2.75, 3.05) is 0 Å². The number of aromatic nitrogens is 2. The smallest absolute Gasteiger partial charge is 0.287 e. The molecule has 1 aliphatic carbocycles. The summed E-state index contributed by atoms with van der Waals surface area (Å²) in [5.74, 6) is 0.240. The van der Waals surface area contributed by atoms with Gasteiger partial charge >= 0.3 is 0 Å². The minimum absolute atomic E-state index is 0.00596. The van der Waals surface area contributed by atoms with Crippen LogP contribution in [0.25, 0.3) is 0 Å². The third-order valence-electron chi connectivity index (χ3n) is 2.76. The van der Waals surface area contributed by atoms with Crippen LogP contribution in [0.1, 0.15) is 31.7 Å². The van der Waals surface area contributed by atoms with E-state index in [4.69, 9.17) is 23.2 Å². The maximum Gasteiger partial charge on any atom is 0.287 e. The van der Waals surface area contributed by atoms with E-state index in [-0.39, 0.29) is 27.4 Å². The summed E-state index contributed by atoms with van der Waals surface area (Å²) in [5, 5.41) is 4.12. The van der Waals surface area contributed by atoms with Crippen LogP contribution in [-0.2, 0) is 4.79 Å². The van der Waals surface area contributed by atoms with E-state index in [9.17, 15) is 9.59 Å². The lowest BCUT2D eigenvalue weighted by Gasteiger charge is -2.22. The van der Waals surface area contributed by atoms with E-state index >= 15 is 0 Å². The number of halogens is 2. The number of Topliss-reactive ketones (excluding diaryl/α,β-unsaturated/α-hetero) is 1. The minimum Gasteiger partial charge on any atom is -0.300 e. The summed E-state index contributed by atoms with van der Waals surface area (Å²) in [6.45, 7) is 0. The number of hydrogen-bond donors (Lipinski definition) is 0. The van der Waals surface area contributed by atoms with Crippen molar-refractivity contribution in [3.63, 3.8) is 0 Å². The molecule has 1 saturated carbocycles. The van der Waals surface area contributed by atoms with E-state index in [2.05, 4.69) is 5.10 Å². The van der Waals surface area contributed by atoms with E-state index in [0.717, 1.165) is 0 Å². The van der Waals surface area contributed by atoms with Crippen molar-refractivity contribution in [3.05, 3.63) is 26.6 Å². The monoisotopic (exact) mass is 260 g/mol. The van der Waals surface area contributed by atoms with Crippen molar-refractivity contribution in [1.29, 1.82) is 0 Å². The van der Waals surface area contributed by atoms with Gasteiger partial charge < -0.3 is 0 Å². The summed E-state index contributed by atoms with van der Waals surface area (Å²) >= 11 is 11.4. The van der Waals surface area contributed by atoms with Gasteiger partial charge in [-0.25, -0.2) is 4.68 Å². The average Bonchev–Trinajstić information content (AvgIpc) is 2.28. The molecule has 1 aliphatic rings. The Balaban J connectivity index is 2.31. The Morgan fingerprint density at radius 1 is 1.25 bits per heavy atom. The molecule has 0 saturated heterocycles. The molecular formula is C10H10Cl2N2O2. The Hall–Kier alpha value is -0.870. The van der Waals surface area contributed by atoms with Crippen LogP contribution in [0.15, 0.2) is 11.0 Å². The quantitative estimate of drug-likeness (QED) is 0.778. The molecule has 1 aromatic rings. The first-order valence-electron chi connectivity index (χ1n) is 5.04. The molecule has 0 unspecified atom stereocenters. The van der Waals surface area contributed by atoms with Crippen LogP contribution >= 0.6 is 23.2 Å². The van der Waals surface area contributed by atoms with Crippen molar-refractivity contribution in [2.24, 2.45) is 0 Å². The van der Waals surface area contributed by atoms with Crippen LogP contribution in [0, 0.1) is 0 Å². The number of rotatable bonds is 1. The number of ketones is 1. The zero-order valence-electron chi connectivity index (χ0n) is 8.45.